The molecule has 4 rings (SSSR count). The summed E-state index contributed by atoms with van der Waals surface area (Å²) in [5, 5.41) is 7.12. The highest BCUT2D eigenvalue weighted by Crippen LogP contribution is 2.42. The van der Waals surface area contributed by atoms with Gasteiger partial charge in [-0.2, -0.15) is 13.2 Å². The van der Waals surface area contributed by atoms with Crippen LogP contribution in [0.3, 0.4) is 0 Å². The number of hydrogen-bond acceptors (Lipinski definition) is 5. The molecule has 8 nitrogen and oxygen atoms in total. The lowest BCUT2D eigenvalue weighted by Gasteiger charge is -2.39. The monoisotopic (exact) mass is 471 g/mol. The van der Waals surface area contributed by atoms with Gasteiger partial charge in [0.1, 0.15) is 0 Å². The third kappa shape index (κ3) is 6.21. The zero-order chi connectivity index (χ0) is 24.1. The molecule has 3 fully saturated rings. The fraction of sp³-hybridized carbons (Fsp3) is 0.636. The van der Waals surface area contributed by atoms with E-state index in [0.29, 0.717) is 32.8 Å². The summed E-state index contributed by atoms with van der Waals surface area (Å²) in [6.45, 7) is 4.18. The van der Waals surface area contributed by atoms with Crippen molar-refractivity contribution in [3.63, 3.8) is 0 Å². The molecule has 0 aliphatic carbocycles. The van der Waals surface area contributed by atoms with Crippen LogP contribution in [0.5, 0.6) is 0 Å². The van der Waals surface area contributed by atoms with Crippen molar-refractivity contribution in [2.45, 2.75) is 44.8 Å². The zero-order valence-electron chi connectivity index (χ0n) is 18.2. The minimum absolute atomic E-state index is 0.109. The van der Waals surface area contributed by atoms with Gasteiger partial charge in [-0.05, 0) is 44.2 Å². The Bertz CT molecular complexity index is 835. The molecule has 0 saturated carbocycles. The summed E-state index contributed by atoms with van der Waals surface area (Å²) < 4.78 is 37.1. The van der Waals surface area contributed by atoms with E-state index in [-0.39, 0.29) is 23.1 Å². The molecule has 1 aromatic rings. The lowest BCUT2D eigenvalue weighted by Crippen LogP contribution is -2.48. The van der Waals surface area contributed by atoms with Gasteiger partial charge < -0.3 is 19.6 Å². The van der Waals surface area contributed by atoms with Gasteiger partial charge in [0.05, 0.1) is 17.7 Å². The van der Waals surface area contributed by atoms with Crippen LogP contribution >= 0.6 is 0 Å². The third-order valence-electron chi connectivity index (χ3n) is 6.53. The van der Waals surface area contributed by atoms with Crippen LogP contribution in [-0.4, -0.2) is 76.7 Å². The summed E-state index contributed by atoms with van der Waals surface area (Å²) in [6, 6.07) is 5.81. The normalized spacial score (nSPS) is 21.0. The second-order valence-corrected chi connectivity index (χ2v) is 8.59. The van der Waals surface area contributed by atoms with Crippen molar-refractivity contribution in [3.8, 4) is 0 Å². The molecule has 1 aromatic heterocycles. The highest BCUT2D eigenvalue weighted by atomic mass is 19.4. The molecule has 1 N–H and O–H groups in total. The van der Waals surface area contributed by atoms with Crippen LogP contribution in [0, 0.1) is 11.3 Å². The first-order chi connectivity index (χ1) is 15.6. The molecular formula is C22H28F3N3O5. The molecule has 182 valence electrons. The van der Waals surface area contributed by atoms with Gasteiger partial charge in [0, 0.05) is 45.0 Å². The van der Waals surface area contributed by atoms with E-state index in [2.05, 4.69) is 4.98 Å². The van der Waals surface area contributed by atoms with E-state index in [1.807, 2.05) is 28.0 Å². The zero-order valence-corrected chi connectivity index (χ0v) is 18.2. The van der Waals surface area contributed by atoms with Gasteiger partial charge in [0.25, 0.3) is 0 Å². The van der Waals surface area contributed by atoms with E-state index in [9.17, 15) is 22.8 Å². The van der Waals surface area contributed by atoms with E-state index >= 15 is 0 Å². The van der Waals surface area contributed by atoms with Gasteiger partial charge in [-0.25, -0.2) is 4.79 Å². The fourth-order valence-corrected chi connectivity index (χ4v) is 4.55. The molecule has 0 aromatic carbocycles. The fourth-order valence-electron chi connectivity index (χ4n) is 4.55. The topological polar surface area (TPSA) is 100 Å². The average Bonchev–Trinajstić information content (AvgIpc) is 3.10. The molecule has 0 atom stereocenters. The number of carbonyl (C=O) groups excluding carboxylic acids is 2. The molecule has 1 spiro atoms. The maximum atomic E-state index is 13.0. The van der Waals surface area contributed by atoms with Crippen molar-refractivity contribution in [1.82, 2.24) is 14.8 Å². The van der Waals surface area contributed by atoms with Crippen molar-refractivity contribution in [1.29, 1.82) is 0 Å². The third-order valence-corrected chi connectivity index (χ3v) is 6.53. The van der Waals surface area contributed by atoms with Crippen LogP contribution < -0.4 is 0 Å². The molecule has 2 amide bonds. The van der Waals surface area contributed by atoms with Crippen molar-refractivity contribution >= 4 is 17.8 Å². The molecule has 0 bridgehead atoms. The Kier molecular flexibility index (Phi) is 7.93. The second-order valence-electron chi connectivity index (χ2n) is 8.59. The van der Waals surface area contributed by atoms with E-state index in [1.165, 1.54) is 0 Å². The number of carboxylic acids is 1. The molecule has 3 saturated heterocycles. The minimum Gasteiger partial charge on any atom is -0.475 e. The van der Waals surface area contributed by atoms with E-state index in [1.54, 1.807) is 6.20 Å². The molecule has 11 heteroatoms. The minimum atomic E-state index is -5.08. The highest BCUT2D eigenvalue weighted by molar-refractivity contribution is 5.85. The van der Waals surface area contributed by atoms with Crippen LogP contribution in [0.25, 0.3) is 0 Å². The number of carbonyl (C=O) groups is 3. The maximum Gasteiger partial charge on any atom is 0.490 e. The summed E-state index contributed by atoms with van der Waals surface area (Å²) in [6.07, 6.45) is 0.831. The van der Waals surface area contributed by atoms with Crippen molar-refractivity contribution in [2.75, 3.05) is 32.8 Å². The largest absolute Gasteiger partial charge is 0.490 e. The summed E-state index contributed by atoms with van der Waals surface area (Å²) in [5.74, 6) is -2.13. The van der Waals surface area contributed by atoms with Crippen LogP contribution in [0.2, 0.25) is 0 Å². The van der Waals surface area contributed by atoms with Crippen LogP contribution in [0.1, 0.15) is 37.8 Å². The number of piperidine rings is 1. The number of halogens is 3. The van der Waals surface area contributed by atoms with Gasteiger partial charge in [0.15, 0.2) is 0 Å². The first-order valence-corrected chi connectivity index (χ1v) is 11.0. The summed E-state index contributed by atoms with van der Waals surface area (Å²) in [7, 11) is 0. The lowest BCUT2D eigenvalue weighted by molar-refractivity contribution is -0.192. The standard InChI is InChI=1S/C20H27N3O3.C2HF3O2/c24-18(16-4-13-26-14-5-16)22-10-6-20(7-11-22)8-12-23(19(20)25)15-17-3-1-2-9-21-17;3-2(4,5)1(6)7/h1-3,9,16H,4-8,10-15H2;(H,6,7). The van der Waals surface area contributed by atoms with Crippen molar-refractivity contribution in [3.05, 3.63) is 30.1 Å². The molecule has 3 aliphatic heterocycles. The lowest BCUT2D eigenvalue weighted by atomic mass is 9.76. The number of likely N-dealkylation sites (tertiary alicyclic amines) is 2. The molecule has 4 heterocycles. The number of nitrogens with zero attached hydrogens (tertiary/aromatic N) is 3. The Morgan fingerprint density at radius 1 is 1.12 bits per heavy atom. The predicted octanol–water partition coefficient (Wildman–Crippen LogP) is 2.48. The van der Waals surface area contributed by atoms with Crippen LogP contribution in [0.4, 0.5) is 13.2 Å². The first-order valence-electron chi connectivity index (χ1n) is 11.0. The first kappa shape index (κ1) is 24.9. The molecule has 33 heavy (non-hydrogen) atoms. The summed E-state index contributed by atoms with van der Waals surface area (Å²) in [4.78, 5) is 42.9. The average molecular weight is 471 g/mol. The number of rotatable bonds is 3. The smallest absolute Gasteiger partial charge is 0.475 e. The highest BCUT2D eigenvalue weighted by Gasteiger charge is 2.48. The number of aromatic nitrogens is 1. The van der Waals surface area contributed by atoms with Crippen molar-refractivity contribution < 1.29 is 37.4 Å². The van der Waals surface area contributed by atoms with Gasteiger partial charge in [0.2, 0.25) is 11.8 Å². The van der Waals surface area contributed by atoms with Gasteiger partial charge in [-0.15, -0.1) is 0 Å². The number of carboxylic acid groups (broad SMARTS) is 1. The van der Waals surface area contributed by atoms with E-state index in [4.69, 9.17) is 14.6 Å². The maximum absolute atomic E-state index is 13.0. The Morgan fingerprint density at radius 3 is 2.27 bits per heavy atom. The molecule has 0 radical (unpaired) electrons. The van der Waals surface area contributed by atoms with Crippen molar-refractivity contribution in [2.24, 2.45) is 11.3 Å². The number of pyridine rings is 1. The number of alkyl halides is 3. The predicted molar refractivity (Wildman–Crippen MR) is 110 cm³/mol. The number of hydrogen-bond donors (Lipinski definition) is 1. The molecular weight excluding hydrogens is 443 g/mol. The number of ether oxygens (including phenoxy) is 1. The Balaban J connectivity index is 0.000000383. The molecule has 0 unspecified atom stereocenters. The quantitative estimate of drug-likeness (QED) is 0.727. The van der Waals surface area contributed by atoms with Gasteiger partial charge in [-0.3, -0.25) is 14.6 Å². The Morgan fingerprint density at radius 2 is 1.73 bits per heavy atom. The summed E-state index contributed by atoms with van der Waals surface area (Å²) >= 11 is 0. The van der Waals surface area contributed by atoms with Crippen LogP contribution in [0.15, 0.2) is 24.4 Å². The van der Waals surface area contributed by atoms with Gasteiger partial charge in [-0.1, -0.05) is 6.07 Å². The van der Waals surface area contributed by atoms with E-state index < -0.39 is 12.1 Å². The Hall–Kier alpha value is -2.69. The van der Waals surface area contributed by atoms with E-state index in [0.717, 1.165) is 44.3 Å². The molecule has 3 aliphatic rings. The number of aliphatic carboxylic acids is 1. The number of amides is 2. The SMILES string of the molecule is O=C(C1CCOCC1)N1CCC2(CC1)CCN(Cc1ccccn1)C2=O.O=C(O)C(F)(F)F. The summed E-state index contributed by atoms with van der Waals surface area (Å²) in [5.41, 5.74) is 0.673. The second kappa shape index (κ2) is 10.5. The Labute approximate surface area is 189 Å². The van der Waals surface area contributed by atoms with Gasteiger partial charge >= 0.3 is 12.1 Å². The van der Waals surface area contributed by atoms with Crippen LogP contribution in [-0.2, 0) is 25.7 Å².